The molecule has 0 bridgehead atoms. The third-order valence-electron chi connectivity index (χ3n) is 4.46. The SMILES string of the molecule is C=CCN1CCN(c2ccccc2NC(=O)CSc2ccc(Cl)cc2)CC1. The summed E-state index contributed by atoms with van der Waals surface area (Å²) < 4.78 is 0. The number of nitrogens with zero attached hydrogens (tertiary/aromatic N) is 2. The number of nitrogens with one attached hydrogen (secondary N) is 1. The minimum atomic E-state index is -0.00677. The van der Waals surface area contributed by atoms with Crippen LogP contribution >= 0.6 is 23.4 Å². The summed E-state index contributed by atoms with van der Waals surface area (Å²) in [4.78, 5) is 18.2. The summed E-state index contributed by atoms with van der Waals surface area (Å²) in [6, 6.07) is 15.5. The maximum atomic E-state index is 12.4. The van der Waals surface area contributed by atoms with Gasteiger partial charge in [-0.3, -0.25) is 9.69 Å². The number of carbonyl (C=O) groups excluding carboxylic acids is 1. The normalized spacial score (nSPS) is 14.8. The number of para-hydroxylation sites is 2. The first-order chi connectivity index (χ1) is 13.2. The Morgan fingerprint density at radius 1 is 1.11 bits per heavy atom. The first-order valence-electron chi connectivity index (χ1n) is 9.01. The van der Waals surface area contributed by atoms with E-state index in [1.165, 1.54) is 11.8 Å². The molecular formula is C21H24ClN3OS. The van der Waals surface area contributed by atoms with Crippen molar-refractivity contribution in [2.45, 2.75) is 4.90 Å². The molecule has 27 heavy (non-hydrogen) atoms. The quantitative estimate of drug-likeness (QED) is 0.551. The van der Waals surface area contributed by atoms with Crippen molar-refractivity contribution >= 4 is 40.6 Å². The first-order valence-corrected chi connectivity index (χ1v) is 10.4. The van der Waals surface area contributed by atoms with Gasteiger partial charge in [-0.1, -0.05) is 29.8 Å². The fraction of sp³-hybridized carbons (Fsp3) is 0.286. The number of amides is 1. The van der Waals surface area contributed by atoms with E-state index in [0.29, 0.717) is 10.8 Å². The molecule has 1 heterocycles. The summed E-state index contributed by atoms with van der Waals surface area (Å²) in [6.45, 7) is 8.63. The zero-order valence-corrected chi connectivity index (χ0v) is 16.8. The highest BCUT2D eigenvalue weighted by atomic mass is 35.5. The van der Waals surface area contributed by atoms with Crippen LogP contribution in [0.1, 0.15) is 0 Å². The van der Waals surface area contributed by atoms with Crippen molar-refractivity contribution < 1.29 is 4.79 Å². The Labute approximate surface area is 170 Å². The van der Waals surface area contributed by atoms with E-state index in [1.807, 2.05) is 48.5 Å². The standard InChI is InChI=1S/C21H24ClN3OS/c1-2-11-24-12-14-25(15-13-24)20-6-4-3-5-19(20)23-21(26)16-27-18-9-7-17(22)8-10-18/h2-10H,1,11-16H2,(H,23,26). The summed E-state index contributed by atoms with van der Waals surface area (Å²) in [5.41, 5.74) is 1.96. The number of hydrogen-bond donors (Lipinski definition) is 1. The second-order valence-corrected chi connectivity index (χ2v) is 7.87. The zero-order valence-electron chi connectivity index (χ0n) is 15.2. The lowest BCUT2D eigenvalue weighted by Gasteiger charge is -2.36. The first kappa shape index (κ1) is 19.8. The molecule has 0 aliphatic carbocycles. The minimum Gasteiger partial charge on any atom is -0.367 e. The molecule has 1 N–H and O–H groups in total. The van der Waals surface area contributed by atoms with Gasteiger partial charge in [-0.25, -0.2) is 0 Å². The van der Waals surface area contributed by atoms with Crippen molar-refractivity contribution in [3.63, 3.8) is 0 Å². The van der Waals surface area contributed by atoms with E-state index in [2.05, 4.69) is 27.8 Å². The van der Waals surface area contributed by atoms with Crippen LogP contribution in [0.25, 0.3) is 0 Å². The average molecular weight is 402 g/mol. The summed E-state index contributed by atoms with van der Waals surface area (Å²) >= 11 is 7.40. The van der Waals surface area contributed by atoms with Gasteiger partial charge in [0.15, 0.2) is 0 Å². The van der Waals surface area contributed by atoms with E-state index in [0.717, 1.165) is 49.0 Å². The van der Waals surface area contributed by atoms with Gasteiger partial charge in [0, 0.05) is 42.6 Å². The molecule has 0 aromatic heterocycles. The lowest BCUT2D eigenvalue weighted by Crippen LogP contribution is -2.46. The average Bonchev–Trinajstić information content (AvgIpc) is 2.69. The topological polar surface area (TPSA) is 35.6 Å². The number of piperazine rings is 1. The molecule has 6 heteroatoms. The van der Waals surface area contributed by atoms with Gasteiger partial charge in [-0.2, -0.15) is 0 Å². The molecule has 1 fully saturated rings. The van der Waals surface area contributed by atoms with Crippen LogP contribution in [0.3, 0.4) is 0 Å². The summed E-state index contributed by atoms with van der Waals surface area (Å²) in [5, 5.41) is 3.77. The number of halogens is 1. The largest absolute Gasteiger partial charge is 0.367 e. The Hall–Kier alpha value is -1.95. The molecule has 1 aliphatic rings. The molecule has 0 unspecified atom stereocenters. The lowest BCUT2D eigenvalue weighted by atomic mass is 10.2. The summed E-state index contributed by atoms with van der Waals surface area (Å²) in [5.74, 6) is 0.357. The van der Waals surface area contributed by atoms with Crippen LogP contribution in [0.5, 0.6) is 0 Å². The Bertz CT molecular complexity index is 773. The van der Waals surface area contributed by atoms with Crippen molar-refractivity contribution in [1.29, 1.82) is 0 Å². The molecule has 1 aliphatic heterocycles. The van der Waals surface area contributed by atoms with E-state index in [1.54, 1.807) is 0 Å². The maximum absolute atomic E-state index is 12.4. The van der Waals surface area contributed by atoms with Crippen molar-refractivity contribution in [1.82, 2.24) is 4.90 Å². The molecule has 1 amide bonds. The van der Waals surface area contributed by atoms with Crippen molar-refractivity contribution in [3.05, 3.63) is 66.2 Å². The summed E-state index contributed by atoms with van der Waals surface area (Å²) in [6.07, 6.45) is 1.95. The van der Waals surface area contributed by atoms with Crippen LogP contribution in [0, 0.1) is 0 Å². The van der Waals surface area contributed by atoms with Gasteiger partial charge < -0.3 is 10.2 Å². The Morgan fingerprint density at radius 3 is 2.52 bits per heavy atom. The van der Waals surface area contributed by atoms with Crippen molar-refractivity contribution in [3.8, 4) is 0 Å². The third-order valence-corrected chi connectivity index (χ3v) is 5.73. The fourth-order valence-electron chi connectivity index (χ4n) is 3.08. The Balaban J connectivity index is 1.58. The van der Waals surface area contributed by atoms with E-state index in [-0.39, 0.29) is 5.91 Å². The molecule has 1 saturated heterocycles. The molecule has 0 atom stereocenters. The van der Waals surface area contributed by atoms with Crippen LogP contribution in [0.4, 0.5) is 11.4 Å². The molecule has 0 saturated carbocycles. The number of rotatable bonds is 7. The molecule has 142 valence electrons. The fourth-order valence-corrected chi connectivity index (χ4v) is 3.90. The van der Waals surface area contributed by atoms with Crippen molar-refractivity contribution in [2.75, 3.05) is 48.7 Å². The van der Waals surface area contributed by atoms with Gasteiger partial charge in [-0.05, 0) is 36.4 Å². The Kier molecular flexibility index (Phi) is 7.21. The van der Waals surface area contributed by atoms with Gasteiger partial charge in [0.2, 0.25) is 5.91 Å². The number of benzene rings is 2. The monoisotopic (exact) mass is 401 g/mol. The number of carbonyl (C=O) groups is 1. The van der Waals surface area contributed by atoms with Gasteiger partial charge in [0.25, 0.3) is 0 Å². The van der Waals surface area contributed by atoms with Gasteiger partial charge in [-0.15, -0.1) is 18.3 Å². The van der Waals surface area contributed by atoms with Crippen LogP contribution in [-0.4, -0.2) is 49.3 Å². The van der Waals surface area contributed by atoms with E-state index in [9.17, 15) is 4.79 Å². The number of hydrogen-bond acceptors (Lipinski definition) is 4. The smallest absolute Gasteiger partial charge is 0.234 e. The molecular weight excluding hydrogens is 378 g/mol. The molecule has 4 nitrogen and oxygen atoms in total. The molecule has 0 radical (unpaired) electrons. The molecule has 0 spiro atoms. The van der Waals surface area contributed by atoms with Crippen LogP contribution in [0.2, 0.25) is 5.02 Å². The third kappa shape index (κ3) is 5.76. The zero-order chi connectivity index (χ0) is 19.1. The highest BCUT2D eigenvalue weighted by molar-refractivity contribution is 8.00. The van der Waals surface area contributed by atoms with Crippen LogP contribution in [0.15, 0.2) is 66.1 Å². The van der Waals surface area contributed by atoms with Gasteiger partial charge in [0.05, 0.1) is 17.1 Å². The van der Waals surface area contributed by atoms with E-state index < -0.39 is 0 Å². The predicted octanol–water partition coefficient (Wildman–Crippen LogP) is 4.38. The second-order valence-electron chi connectivity index (χ2n) is 6.38. The predicted molar refractivity (Wildman–Crippen MR) is 116 cm³/mol. The number of anilines is 2. The molecule has 2 aromatic rings. The lowest BCUT2D eigenvalue weighted by molar-refractivity contribution is -0.113. The van der Waals surface area contributed by atoms with E-state index in [4.69, 9.17) is 11.6 Å². The van der Waals surface area contributed by atoms with Gasteiger partial charge >= 0.3 is 0 Å². The summed E-state index contributed by atoms with van der Waals surface area (Å²) in [7, 11) is 0. The highest BCUT2D eigenvalue weighted by Gasteiger charge is 2.19. The van der Waals surface area contributed by atoms with Crippen molar-refractivity contribution in [2.24, 2.45) is 0 Å². The highest BCUT2D eigenvalue weighted by Crippen LogP contribution is 2.27. The van der Waals surface area contributed by atoms with Crippen LogP contribution in [-0.2, 0) is 4.79 Å². The minimum absolute atomic E-state index is 0.00677. The van der Waals surface area contributed by atoms with Gasteiger partial charge in [0.1, 0.15) is 0 Å². The maximum Gasteiger partial charge on any atom is 0.234 e. The van der Waals surface area contributed by atoms with E-state index >= 15 is 0 Å². The second kappa shape index (κ2) is 9.83. The molecule has 2 aromatic carbocycles. The number of thioether (sulfide) groups is 1. The molecule has 3 rings (SSSR count). The Morgan fingerprint density at radius 2 is 1.81 bits per heavy atom. The van der Waals surface area contributed by atoms with Crippen LogP contribution < -0.4 is 10.2 Å².